The van der Waals surface area contributed by atoms with Crippen LogP contribution >= 0.6 is 0 Å². The number of hydrogen-bond donors (Lipinski definition) is 0. The molecule has 0 radical (unpaired) electrons. The van der Waals surface area contributed by atoms with Crippen LogP contribution in [0.25, 0.3) is 0 Å². The Morgan fingerprint density at radius 3 is 2.36 bits per heavy atom. The molecule has 2 atom stereocenters. The molecule has 1 saturated heterocycles. The molecule has 2 aromatic rings. The van der Waals surface area contributed by atoms with Crippen LogP contribution in [-0.4, -0.2) is 37.9 Å². The van der Waals surface area contributed by atoms with Crippen LogP contribution in [0.4, 0.5) is 0 Å². The van der Waals surface area contributed by atoms with E-state index in [0.717, 1.165) is 38.1 Å². The number of aromatic nitrogens is 4. The van der Waals surface area contributed by atoms with Crippen molar-refractivity contribution >= 4 is 0 Å². The van der Waals surface area contributed by atoms with Gasteiger partial charge in [0.2, 0.25) is 23.6 Å². The Kier molecular flexibility index (Phi) is 4.52. The smallest absolute Gasteiger partial charge is 0.230 e. The molecule has 7 nitrogen and oxygen atoms in total. The monoisotopic (exact) mass is 305 g/mol. The lowest BCUT2D eigenvalue weighted by Crippen LogP contribution is -2.41. The van der Waals surface area contributed by atoms with E-state index in [4.69, 9.17) is 8.83 Å². The van der Waals surface area contributed by atoms with Crippen molar-refractivity contribution in [1.82, 2.24) is 25.3 Å². The van der Waals surface area contributed by atoms with Crippen LogP contribution in [0.15, 0.2) is 8.83 Å². The summed E-state index contributed by atoms with van der Waals surface area (Å²) >= 11 is 0. The molecule has 1 aliphatic heterocycles. The van der Waals surface area contributed by atoms with E-state index in [9.17, 15) is 0 Å². The number of rotatable bonds is 5. The maximum absolute atomic E-state index is 5.76. The Bertz CT molecular complexity index is 609. The second-order valence-corrected chi connectivity index (χ2v) is 5.79. The molecule has 0 N–H and O–H groups in total. The molecule has 0 unspecified atom stereocenters. The lowest BCUT2D eigenvalue weighted by molar-refractivity contribution is 0.108. The maximum atomic E-state index is 5.76. The number of piperidine rings is 1. The maximum Gasteiger partial charge on any atom is 0.230 e. The van der Waals surface area contributed by atoms with Gasteiger partial charge in [-0.15, -0.1) is 20.4 Å². The van der Waals surface area contributed by atoms with Gasteiger partial charge in [-0.3, -0.25) is 4.90 Å². The van der Waals surface area contributed by atoms with E-state index >= 15 is 0 Å². The van der Waals surface area contributed by atoms with Crippen molar-refractivity contribution in [2.24, 2.45) is 0 Å². The molecule has 7 heteroatoms. The largest absolute Gasteiger partial charge is 0.425 e. The predicted molar refractivity (Wildman–Crippen MR) is 79.2 cm³/mol. The molecule has 1 aliphatic rings. The van der Waals surface area contributed by atoms with Crippen molar-refractivity contribution in [1.29, 1.82) is 0 Å². The van der Waals surface area contributed by atoms with Gasteiger partial charge in [0.05, 0.1) is 12.5 Å². The highest BCUT2D eigenvalue weighted by Crippen LogP contribution is 2.32. The average Bonchev–Trinajstić information content (AvgIpc) is 3.18. The van der Waals surface area contributed by atoms with E-state index in [-0.39, 0.29) is 5.92 Å². The fourth-order valence-electron chi connectivity index (χ4n) is 2.99. The molecule has 3 rings (SSSR count). The summed E-state index contributed by atoms with van der Waals surface area (Å²) in [6.07, 6.45) is 3.73. The van der Waals surface area contributed by atoms with Crippen molar-refractivity contribution in [2.45, 2.75) is 65.0 Å². The molecule has 0 aliphatic carbocycles. The topological polar surface area (TPSA) is 81.1 Å². The van der Waals surface area contributed by atoms with Crippen LogP contribution in [0.2, 0.25) is 0 Å². The number of nitrogens with zero attached hydrogens (tertiary/aromatic N) is 5. The summed E-state index contributed by atoms with van der Waals surface area (Å²) < 4.78 is 11.4. The highest BCUT2D eigenvalue weighted by atomic mass is 16.4. The van der Waals surface area contributed by atoms with Crippen LogP contribution in [0.1, 0.15) is 63.1 Å². The molecule has 120 valence electrons. The highest BCUT2D eigenvalue weighted by Gasteiger charge is 2.33. The van der Waals surface area contributed by atoms with Gasteiger partial charge in [-0.2, -0.15) is 0 Å². The highest BCUT2D eigenvalue weighted by molar-refractivity contribution is 5.00. The SMILES string of the molecule is CCc1nnc(CN2CCC[C@H](c3nnc(CC)o3)[C@@H]2C)o1. The third-order valence-electron chi connectivity index (χ3n) is 4.37. The molecule has 0 spiro atoms. The van der Waals surface area contributed by atoms with Crippen LogP contribution in [-0.2, 0) is 19.4 Å². The predicted octanol–water partition coefficient (Wildman–Crippen LogP) is 2.35. The average molecular weight is 305 g/mol. The van der Waals surface area contributed by atoms with Crippen molar-refractivity contribution in [3.8, 4) is 0 Å². The Labute approximate surface area is 130 Å². The molecular formula is C15H23N5O2. The number of hydrogen-bond acceptors (Lipinski definition) is 7. The van der Waals surface area contributed by atoms with Gasteiger partial charge < -0.3 is 8.83 Å². The molecule has 0 saturated carbocycles. The molecule has 2 aromatic heterocycles. The number of likely N-dealkylation sites (tertiary alicyclic amines) is 1. The first-order valence-corrected chi connectivity index (χ1v) is 8.08. The minimum Gasteiger partial charge on any atom is -0.425 e. The molecule has 0 aromatic carbocycles. The fourth-order valence-corrected chi connectivity index (χ4v) is 2.99. The second kappa shape index (κ2) is 6.56. The van der Waals surface area contributed by atoms with Gasteiger partial charge in [-0.25, -0.2) is 0 Å². The van der Waals surface area contributed by atoms with E-state index in [2.05, 4.69) is 32.2 Å². The van der Waals surface area contributed by atoms with E-state index in [1.807, 2.05) is 13.8 Å². The van der Waals surface area contributed by atoms with Gasteiger partial charge in [-0.1, -0.05) is 13.8 Å². The van der Waals surface area contributed by atoms with Gasteiger partial charge >= 0.3 is 0 Å². The zero-order chi connectivity index (χ0) is 15.5. The van der Waals surface area contributed by atoms with E-state index in [1.165, 1.54) is 0 Å². The van der Waals surface area contributed by atoms with Gasteiger partial charge in [0.1, 0.15) is 0 Å². The summed E-state index contributed by atoms with van der Waals surface area (Å²) in [7, 11) is 0. The number of aryl methyl sites for hydroxylation is 2. The lowest BCUT2D eigenvalue weighted by Gasteiger charge is -2.36. The minimum atomic E-state index is 0.273. The molecule has 0 amide bonds. The molecular weight excluding hydrogens is 282 g/mol. The summed E-state index contributed by atoms with van der Waals surface area (Å²) in [6, 6.07) is 0.316. The first kappa shape index (κ1) is 15.1. The first-order chi connectivity index (χ1) is 10.7. The summed E-state index contributed by atoms with van der Waals surface area (Å²) in [6.45, 7) is 7.94. The van der Waals surface area contributed by atoms with Gasteiger partial charge in [-0.05, 0) is 26.3 Å². The zero-order valence-electron chi connectivity index (χ0n) is 13.4. The standard InChI is InChI=1S/C15H23N5O2/c1-4-12-16-18-14(21-12)9-20-8-6-7-11(10(20)3)15-19-17-13(5-2)22-15/h10-11H,4-9H2,1-3H3/t10-,11-/m0/s1. The van der Waals surface area contributed by atoms with Crippen molar-refractivity contribution in [3.63, 3.8) is 0 Å². The summed E-state index contributed by atoms with van der Waals surface area (Å²) in [5.41, 5.74) is 0. The van der Waals surface area contributed by atoms with Crippen LogP contribution < -0.4 is 0 Å². The normalized spacial score (nSPS) is 23.0. The Morgan fingerprint density at radius 1 is 1.00 bits per heavy atom. The van der Waals surface area contributed by atoms with E-state index in [0.29, 0.717) is 30.3 Å². The molecule has 1 fully saturated rings. The third kappa shape index (κ3) is 3.04. The van der Waals surface area contributed by atoms with Crippen LogP contribution in [0, 0.1) is 0 Å². The van der Waals surface area contributed by atoms with E-state index < -0.39 is 0 Å². The Morgan fingerprint density at radius 2 is 1.68 bits per heavy atom. The van der Waals surface area contributed by atoms with Crippen LogP contribution in [0.5, 0.6) is 0 Å². The second-order valence-electron chi connectivity index (χ2n) is 5.79. The lowest BCUT2D eigenvalue weighted by atomic mass is 9.90. The first-order valence-electron chi connectivity index (χ1n) is 8.08. The van der Waals surface area contributed by atoms with Gasteiger partial charge in [0.25, 0.3) is 0 Å². The van der Waals surface area contributed by atoms with E-state index in [1.54, 1.807) is 0 Å². The molecule has 3 heterocycles. The van der Waals surface area contributed by atoms with Gasteiger partial charge in [0, 0.05) is 18.9 Å². The van der Waals surface area contributed by atoms with Crippen molar-refractivity contribution in [3.05, 3.63) is 23.6 Å². The minimum absolute atomic E-state index is 0.273. The van der Waals surface area contributed by atoms with Crippen molar-refractivity contribution in [2.75, 3.05) is 6.54 Å². The summed E-state index contributed by atoms with van der Waals surface area (Å²) in [5.74, 6) is 3.12. The third-order valence-corrected chi connectivity index (χ3v) is 4.37. The summed E-state index contributed by atoms with van der Waals surface area (Å²) in [5, 5.41) is 16.5. The molecule has 22 heavy (non-hydrogen) atoms. The van der Waals surface area contributed by atoms with Crippen LogP contribution in [0.3, 0.4) is 0 Å². The quantitative estimate of drug-likeness (QED) is 0.838. The molecule has 0 bridgehead atoms. The fraction of sp³-hybridized carbons (Fsp3) is 0.733. The Hall–Kier alpha value is -1.76. The Balaban J connectivity index is 1.70. The summed E-state index contributed by atoms with van der Waals surface area (Å²) in [4.78, 5) is 2.36. The van der Waals surface area contributed by atoms with Gasteiger partial charge in [0.15, 0.2) is 0 Å². The zero-order valence-corrected chi connectivity index (χ0v) is 13.4. The van der Waals surface area contributed by atoms with Crippen molar-refractivity contribution < 1.29 is 8.83 Å².